The van der Waals surface area contributed by atoms with Gasteiger partial charge in [0.1, 0.15) is 35.2 Å². The van der Waals surface area contributed by atoms with Gasteiger partial charge in [-0.15, -0.1) is 0 Å². The van der Waals surface area contributed by atoms with Crippen molar-refractivity contribution in [2.75, 3.05) is 19.7 Å². The number of H-pyrrole nitrogens is 1. The van der Waals surface area contributed by atoms with Gasteiger partial charge in [0.2, 0.25) is 0 Å². The molecule has 1 saturated heterocycles. The zero-order valence-electron chi connectivity index (χ0n) is 21.5. The molecule has 1 aromatic carbocycles. The molecule has 0 radical (unpaired) electrons. The number of aliphatic hydroxyl groups is 1. The summed E-state index contributed by atoms with van der Waals surface area (Å²) in [5, 5.41) is 12.7. The van der Waals surface area contributed by atoms with Crippen molar-refractivity contribution in [1.82, 2.24) is 25.2 Å². The Bertz CT molecular complexity index is 1370. The lowest BCUT2D eigenvalue weighted by Crippen LogP contribution is -2.42. The van der Waals surface area contributed by atoms with E-state index in [0.717, 1.165) is 12.8 Å². The minimum atomic E-state index is -1.09. The third kappa shape index (κ3) is 4.77. The van der Waals surface area contributed by atoms with Crippen LogP contribution in [-0.4, -0.2) is 68.6 Å². The molecule has 0 unspecified atom stereocenters. The third-order valence-electron chi connectivity index (χ3n) is 7.30. The van der Waals surface area contributed by atoms with Crippen LogP contribution in [0.2, 0.25) is 0 Å². The second-order valence-corrected chi connectivity index (χ2v) is 10.4. The zero-order chi connectivity index (χ0) is 26.4. The number of amides is 2. The van der Waals surface area contributed by atoms with Crippen molar-refractivity contribution in [3.8, 4) is 17.0 Å². The van der Waals surface area contributed by atoms with Crippen molar-refractivity contribution >= 4 is 22.8 Å². The maximum absolute atomic E-state index is 15.5. The number of aromatic amines is 1. The second-order valence-electron chi connectivity index (χ2n) is 10.4. The quantitative estimate of drug-likeness (QED) is 0.450. The molecule has 3 heterocycles. The molecule has 2 aliphatic rings. The Morgan fingerprint density at radius 2 is 2.03 bits per heavy atom. The van der Waals surface area contributed by atoms with Crippen LogP contribution in [0.1, 0.15) is 48.3 Å². The van der Waals surface area contributed by atoms with E-state index in [0.29, 0.717) is 64.9 Å². The molecule has 2 amide bonds. The monoisotopic (exact) mass is 509 g/mol. The predicted molar refractivity (Wildman–Crippen MR) is 136 cm³/mol. The van der Waals surface area contributed by atoms with Gasteiger partial charge in [-0.05, 0) is 57.1 Å². The standard InChI is InChI=1S/C27H32FN5O4/c1-13-5-8-19(37-11-17-6-7-17)21(22(13)28)24-25-23(29-12-30-24)20(15(3)31-25)26(35)32-18-10-33(9-14(18)2)27(36)16(4)34/h5,8,12,14,16-18,31,34H,6-7,9-11H2,1-4H3,(H,32,35)/t14-,16-,18+/m0/s1. The molecule has 3 N–H and O–H groups in total. The average Bonchev–Trinajstić information content (AvgIpc) is 3.53. The van der Waals surface area contributed by atoms with Crippen LogP contribution in [0.4, 0.5) is 4.39 Å². The molecule has 0 bridgehead atoms. The van der Waals surface area contributed by atoms with Crippen molar-refractivity contribution in [2.24, 2.45) is 11.8 Å². The third-order valence-corrected chi connectivity index (χ3v) is 7.30. The first-order valence-electron chi connectivity index (χ1n) is 12.7. The lowest BCUT2D eigenvalue weighted by Gasteiger charge is -2.18. The van der Waals surface area contributed by atoms with Crippen molar-refractivity contribution < 1.29 is 23.8 Å². The number of aliphatic hydroxyl groups excluding tert-OH is 1. The van der Waals surface area contributed by atoms with Gasteiger partial charge in [0.15, 0.2) is 0 Å². The molecule has 3 atom stereocenters. The van der Waals surface area contributed by atoms with Crippen molar-refractivity contribution in [2.45, 2.75) is 52.7 Å². The number of carbonyl (C=O) groups is 2. The highest BCUT2D eigenvalue weighted by molar-refractivity contribution is 6.09. The van der Waals surface area contributed by atoms with Gasteiger partial charge in [0, 0.05) is 18.8 Å². The molecule has 3 aromatic rings. The summed E-state index contributed by atoms with van der Waals surface area (Å²) in [6.45, 7) is 8.12. The largest absolute Gasteiger partial charge is 0.492 e. The number of carbonyl (C=O) groups excluding carboxylic acids is 2. The van der Waals surface area contributed by atoms with Crippen molar-refractivity contribution in [3.63, 3.8) is 0 Å². The van der Waals surface area contributed by atoms with E-state index in [1.165, 1.54) is 13.3 Å². The molecular weight excluding hydrogens is 477 g/mol. The Morgan fingerprint density at radius 3 is 2.73 bits per heavy atom. The molecule has 196 valence electrons. The van der Waals surface area contributed by atoms with Gasteiger partial charge in [0.05, 0.1) is 29.3 Å². The van der Waals surface area contributed by atoms with Crippen LogP contribution in [-0.2, 0) is 4.79 Å². The van der Waals surface area contributed by atoms with Crippen LogP contribution in [0.15, 0.2) is 18.5 Å². The van der Waals surface area contributed by atoms with E-state index in [1.807, 2.05) is 6.92 Å². The summed E-state index contributed by atoms with van der Waals surface area (Å²) in [5.41, 5.74) is 2.81. The van der Waals surface area contributed by atoms with Crippen LogP contribution >= 0.6 is 0 Å². The summed E-state index contributed by atoms with van der Waals surface area (Å²) in [7, 11) is 0. The first-order chi connectivity index (χ1) is 17.7. The van der Waals surface area contributed by atoms with Gasteiger partial charge in [-0.25, -0.2) is 14.4 Å². The number of rotatable bonds is 7. The van der Waals surface area contributed by atoms with Gasteiger partial charge in [0.25, 0.3) is 11.8 Å². The maximum atomic E-state index is 15.5. The molecule has 5 rings (SSSR count). The molecule has 1 aliphatic heterocycles. The van der Waals surface area contributed by atoms with E-state index in [4.69, 9.17) is 4.74 Å². The van der Waals surface area contributed by atoms with Gasteiger partial charge in [-0.1, -0.05) is 13.0 Å². The minimum absolute atomic E-state index is 0.00918. The van der Waals surface area contributed by atoms with E-state index in [9.17, 15) is 14.7 Å². The molecule has 1 saturated carbocycles. The van der Waals surface area contributed by atoms with E-state index in [1.54, 1.807) is 30.9 Å². The number of halogens is 1. The molecule has 10 heteroatoms. The van der Waals surface area contributed by atoms with Gasteiger partial charge in [-0.3, -0.25) is 9.59 Å². The molecule has 1 aliphatic carbocycles. The molecular formula is C27H32FN5O4. The maximum Gasteiger partial charge on any atom is 0.255 e. The fourth-order valence-corrected chi connectivity index (χ4v) is 4.92. The molecule has 2 fully saturated rings. The number of hydrogen-bond acceptors (Lipinski definition) is 6. The Labute approximate surface area is 214 Å². The molecule has 9 nitrogen and oxygen atoms in total. The van der Waals surface area contributed by atoms with Crippen LogP contribution in [0, 0.1) is 31.5 Å². The zero-order valence-corrected chi connectivity index (χ0v) is 21.5. The number of fused-ring (bicyclic) bond motifs is 1. The fraction of sp³-hybridized carbons (Fsp3) is 0.481. The van der Waals surface area contributed by atoms with E-state index in [2.05, 4.69) is 20.3 Å². The van der Waals surface area contributed by atoms with E-state index in [-0.39, 0.29) is 29.3 Å². The van der Waals surface area contributed by atoms with Gasteiger partial charge >= 0.3 is 0 Å². The Hall–Kier alpha value is -3.53. The number of nitrogens with one attached hydrogen (secondary N) is 2. The normalized spacial score (nSPS) is 20.3. The number of benzene rings is 1. The van der Waals surface area contributed by atoms with E-state index >= 15 is 4.39 Å². The number of likely N-dealkylation sites (tertiary alicyclic amines) is 1. The molecule has 37 heavy (non-hydrogen) atoms. The van der Waals surface area contributed by atoms with Gasteiger partial charge < -0.3 is 25.0 Å². The number of aryl methyl sites for hydroxylation is 2. The number of aromatic nitrogens is 3. The second kappa shape index (κ2) is 9.74. The molecule has 0 spiro atoms. The summed E-state index contributed by atoms with van der Waals surface area (Å²) in [6.07, 6.45) is 2.46. The lowest BCUT2D eigenvalue weighted by molar-refractivity contribution is -0.138. The fourth-order valence-electron chi connectivity index (χ4n) is 4.92. The average molecular weight is 510 g/mol. The number of nitrogens with zero attached hydrogens (tertiary/aromatic N) is 3. The van der Waals surface area contributed by atoms with Crippen molar-refractivity contribution in [1.29, 1.82) is 0 Å². The van der Waals surface area contributed by atoms with Gasteiger partial charge in [-0.2, -0.15) is 0 Å². The Kier molecular flexibility index (Phi) is 6.61. The Morgan fingerprint density at radius 1 is 1.27 bits per heavy atom. The minimum Gasteiger partial charge on any atom is -0.492 e. The van der Waals surface area contributed by atoms with Crippen molar-refractivity contribution in [3.05, 3.63) is 41.1 Å². The topological polar surface area (TPSA) is 120 Å². The summed E-state index contributed by atoms with van der Waals surface area (Å²) >= 11 is 0. The van der Waals surface area contributed by atoms with E-state index < -0.39 is 11.9 Å². The summed E-state index contributed by atoms with van der Waals surface area (Å²) < 4.78 is 21.5. The highest BCUT2D eigenvalue weighted by atomic mass is 19.1. The first kappa shape index (κ1) is 25.1. The first-order valence-corrected chi connectivity index (χ1v) is 12.7. The Balaban J connectivity index is 1.47. The van der Waals surface area contributed by atoms with Crippen LogP contribution in [0.5, 0.6) is 5.75 Å². The summed E-state index contributed by atoms with van der Waals surface area (Å²) in [4.78, 5) is 39.2. The lowest BCUT2D eigenvalue weighted by atomic mass is 10.0. The molecule has 2 aromatic heterocycles. The number of ether oxygens (including phenoxy) is 1. The van der Waals surface area contributed by atoms with Crippen LogP contribution < -0.4 is 10.1 Å². The van der Waals surface area contributed by atoms with Crippen LogP contribution in [0.25, 0.3) is 22.3 Å². The van der Waals surface area contributed by atoms with Crippen LogP contribution in [0.3, 0.4) is 0 Å². The predicted octanol–water partition coefficient (Wildman–Crippen LogP) is 3.13. The number of hydrogen-bond donors (Lipinski definition) is 3. The highest BCUT2D eigenvalue weighted by Gasteiger charge is 2.35. The summed E-state index contributed by atoms with van der Waals surface area (Å²) in [5.74, 6) is -0.203. The SMILES string of the molecule is Cc1ccc(OCC2CC2)c(-c2ncnc3c(C(=O)N[C@@H]4CN(C(=O)[C@H](C)O)C[C@@H]4C)c(C)[nH]c23)c1F. The summed E-state index contributed by atoms with van der Waals surface area (Å²) in [6, 6.07) is 3.17. The smallest absolute Gasteiger partial charge is 0.255 e. The highest BCUT2D eigenvalue weighted by Crippen LogP contribution is 2.39.